The van der Waals surface area contributed by atoms with Crippen LogP contribution in [0, 0.1) is 6.92 Å². The van der Waals surface area contributed by atoms with Gasteiger partial charge in [0.2, 0.25) is 0 Å². The van der Waals surface area contributed by atoms with Crippen LogP contribution in [0.5, 0.6) is 0 Å². The van der Waals surface area contributed by atoms with Crippen LogP contribution in [0.3, 0.4) is 0 Å². The molecule has 1 atom stereocenters. The van der Waals surface area contributed by atoms with Crippen LogP contribution in [-0.2, 0) is 4.79 Å². The fourth-order valence-electron chi connectivity index (χ4n) is 3.19. The first kappa shape index (κ1) is 21.7. The average Bonchev–Trinajstić information content (AvgIpc) is 3.35. The number of benzene rings is 2. The zero-order valence-corrected chi connectivity index (χ0v) is 20.0. The normalized spacial score (nSPS) is 17.7. The summed E-state index contributed by atoms with van der Waals surface area (Å²) >= 11 is 4.84. The van der Waals surface area contributed by atoms with E-state index in [1.807, 2.05) is 80.6 Å². The quantitative estimate of drug-likeness (QED) is 0.346. The number of carbonyl (C=O) groups excluding carboxylic acids is 1. The number of carbonyl (C=O) groups is 1. The van der Waals surface area contributed by atoms with E-state index in [4.69, 9.17) is 9.41 Å². The van der Waals surface area contributed by atoms with E-state index in [2.05, 4.69) is 22.9 Å². The minimum absolute atomic E-state index is 0.0354. The van der Waals surface area contributed by atoms with Crippen LogP contribution in [0.15, 0.2) is 79.5 Å². The highest BCUT2D eigenvalue weighted by Crippen LogP contribution is 2.36. The first-order chi connectivity index (χ1) is 14.9. The Morgan fingerprint density at radius 2 is 1.81 bits per heavy atom. The lowest BCUT2D eigenvalue weighted by Crippen LogP contribution is -2.36. The fourth-order valence-corrected chi connectivity index (χ4v) is 4.53. The lowest BCUT2D eigenvalue weighted by Gasteiger charge is -2.22. The van der Waals surface area contributed by atoms with Crippen LogP contribution >= 0.6 is 27.7 Å². The molecule has 1 aliphatic heterocycles. The second kappa shape index (κ2) is 9.28. The van der Waals surface area contributed by atoms with E-state index in [1.165, 1.54) is 17.3 Å². The van der Waals surface area contributed by atoms with E-state index in [0.29, 0.717) is 15.8 Å². The fraction of sp³-hybridized carbons (Fsp3) is 0.200. The summed E-state index contributed by atoms with van der Waals surface area (Å²) in [6, 6.07) is 19.8. The van der Waals surface area contributed by atoms with E-state index < -0.39 is 0 Å². The molecular weight excluding hydrogens is 472 g/mol. The number of nitrogens with zero attached hydrogens (tertiary/aromatic N) is 2. The predicted octanol–water partition coefficient (Wildman–Crippen LogP) is 7.42. The summed E-state index contributed by atoms with van der Waals surface area (Å²) in [6.07, 6.45) is 2.66. The Morgan fingerprint density at radius 3 is 2.48 bits per heavy atom. The summed E-state index contributed by atoms with van der Waals surface area (Å²) in [4.78, 5) is 20.4. The van der Waals surface area contributed by atoms with Gasteiger partial charge in [-0.05, 0) is 68.4 Å². The zero-order chi connectivity index (χ0) is 22.0. The highest BCUT2D eigenvalue weighted by atomic mass is 79.9. The van der Waals surface area contributed by atoms with Crippen molar-refractivity contribution in [3.63, 3.8) is 0 Å². The lowest BCUT2D eigenvalue weighted by atomic mass is 10.2. The highest BCUT2D eigenvalue weighted by molar-refractivity contribution is 9.10. The summed E-state index contributed by atoms with van der Waals surface area (Å²) in [6.45, 7) is 6.17. The van der Waals surface area contributed by atoms with Crippen LogP contribution in [0.25, 0.3) is 17.4 Å². The number of aliphatic imine (C=N–C) groups is 1. The van der Waals surface area contributed by atoms with Crippen molar-refractivity contribution in [2.45, 2.75) is 33.2 Å². The van der Waals surface area contributed by atoms with E-state index in [0.717, 1.165) is 27.9 Å². The van der Waals surface area contributed by atoms with Gasteiger partial charge in [-0.15, -0.1) is 0 Å². The molecule has 4 rings (SSSR count). The van der Waals surface area contributed by atoms with Gasteiger partial charge < -0.3 is 4.42 Å². The highest BCUT2D eigenvalue weighted by Gasteiger charge is 2.36. The molecular formula is C25H23BrN2O2S. The van der Waals surface area contributed by atoms with Crippen molar-refractivity contribution in [3.05, 3.63) is 81.4 Å². The SMILES string of the molecule is CC[C@@H](C)N1C(=O)/C(=C\c2ccc(-c3ccc(Br)cc3)o2)SC1=Nc1ccc(C)cc1. The van der Waals surface area contributed by atoms with E-state index >= 15 is 0 Å². The first-order valence-corrected chi connectivity index (χ1v) is 11.8. The molecule has 0 radical (unpaired) electrons. The van der Waals surface area contributed by atoms with Gasteiger partial charge in [0.05, 0.1) is 10.6 Å². The molecule has 6 heteroatoms. The molecule has 2 aromatic carbocycles. The average molecular weight is 495 g/mol. The second-order valence-electron chi connectivity index (χ2n) is 7.48. The van der Waals surface area contributed by atoms with Crippen molar-refractivity contribution in [1.82, 2.24) is 4.90 Å². The Hall–Kier alpha value is -2.57. The maximum atomic E-state index is 13.2. The second-order valence-corrected chi connectivity index (χ2v) is 9.41. The number of furan rings is 1. The predicted molar refractivity (Wildman–Crippen MR) is 132 cm³/mol. The Bertz CT molecular complexity index is 1150. The molecule has 1 aliphatic rings. The number of hydrogen-bond acceptors (Lipinski definition) is 4. The van der Waals surface area contributed by atoms with Crippen LogP contribution < -0.4 is 0 Å². The van der Waals surface area contributed by atoms with Gasteiger partial charge in [0.25, 0.3) is 5.91 Å². The van der Waals surface area contributed by atoms with Crippen LogP contribution in [0.4, 0.5) is 5.69 Å². The Kier molecular flexibility index (Phi) is 6.49. The molecule has 0 saturated carbocycles. The Morgan fingerprint density at radius 1 is 1.10 bits per heavy atom. The number of hydrogen-bond donors (Lipinski definition) is 0. The third kappa shape index (κ3) is 4.86. The topological polar surface area (TPSA) is 45.8 Å². The maximum Gasteiger partial charge on any atom is 0.267 e. The number of amides is 1. The van der Waals surface area contributed by atoms with Gasteiger partial charge >= 0.3 is 0 Å². The van der Waals surface area contributed by atoms with Gasteiger partial charge in [0.1, 0.15) is 11.5 Å². The van der Waals surface area contributed by atoms with Gasteiger partial charge in [0.15, 0.2) is 5.17 Å². The number of amidine groups is 1. The molecule has 0 spiro atoms. The Labute approximate surface area is 195 Å². The minimum atomic E-state index is -0.0354. The summed E-state index contributed by atoms with van der Waals surface area (Å²) in [5.41, 5.74) is 3.00. The molecule has 1 aromatic heterocycles. The van der Waals surface area contributed by atoms with Crippen molar-refractivity contribution in [2.24, 2.45) is 4.99 Å². The van der Waals surface area contributed by atoms with Crippen LogP contribution in [0.2, 0.25) is 0 Å². The molecule has 31 heavy (non-hydrogen) atoms. The molecule has 0 bridgehead atoms. The molecule has 0 N–H and O–H groups in total. The third-order valence-corrected chi connectivity index (χ3v) is 6.67. The van der Waals surface area contributed by atoms with Crippen molar-refractivity contribution in [3.8, 4) is 11.3 Å². The molecule has 158 valence electrons. The lowest BCUT2D eigenvalue weighted by molar-refractivity contribution is -0.123. The molecule has 4 nitrogen and oxygen atoms in total. The van der Waals surface area contributed by atoms with Crippen molar-refractivity contribution < 1.29 is 9.21 Å². The van der Waals surface area contributed by atoms with E-state index in [9.17, 15) is 4.79 Å². The summed E-state index contributed by atoms with van der Waals surface area (Å²) in [7, 11) is 0. The van der Waals surface area contributed by atoms with E-state index in [-0.39, 0.29) is 11.9 Å². The van der Waals surface area contributed by atoms with Gasteiger partial charge in [-0.2, -0.15) is 0 Å². The van der Waals surface area contributed by atoms with Gasteiger partial charge in [0, 0.05) is 22.2 Å². The van der Waals surface area contributed by atoms with Gasteiger partial charge in [-0.3, -0.25) is 9.69 Å². The Balaban J connectivity index is 1.64. The molecule has 2 heterocycles. The maximum absolute atomic E-state index is 13.2. The van der Waals surface area contributed by atoms with Crippen molar-refractivity contribution in [2.75, 3.05) is 0 Å². The molecule has 3 aromatic rings. The number of thioether (sulfide) groups is 1. The summed E-state index contributed by atoms with van der Waals surface area (Å²) in [5, 5.41) is 0.703. The molecule has 0 unspecified atom stereocenters. The van der Waals surface area contributed by atoms with Crippen molar-refractivity contribution in [1.29, 1.82) is 0 Å². The smallest absolute Gasteiger partial charge is 0.267 e. The number of aryl methyl sites for hydroxylation is 1. The van der Waals surface area contributed by atoms with Crippen molar-refractivity contribution >= 4 is 50.5 Å². The van der Waals surface area contributed by atoms with Crippen LogP contribution in [-0.4, -0.2) is 22.0 Å². The number of rotatable bonds is 5. The zero-order valence-electron chi connectivity index (χ0n) is 17.6. The third-order valence-electron chi connectivity index (χ3n) is 5.16. The molecule has 0 aliphatic carbocycles. The number of halogens is 1. The van der Waals surface area contributed by atoms with E-state index in [1.54, 1.807) is 4.90 Å². The largest absolute Gasteiger partial charge is 0.457 e. The standard InChI is InChI=1S/C25H23BrN2O2S/c1-4-17(3)28-24(29)23(31-25(28)27-20-11-5-16(2)6-12-20)15-21-13-14-22(30-21)18-7-9-19(26)10-8-18/h5-15,17H,4H2,1-3H3/b23-15+,27-25?/t17-/m1/s1. The monoisotopic (exact) mass is 494 g/mol. The van der Waals surface area contributed by atoms with Crippen LogP contribution in [0.1, 0.15) is 31.6 Å². The van der Waals surface area contributed by atoms with Gasteiger partial charge in [-0.1, -0.05) is 52.7 Å². The summed E-state index contributed by atoms with van der Waals surface area (Å²) < 4.78 is 7.01. The molecule has 1 saturated heterocycles. The summed E-state index contributed by atoms with van der Waals surface area (Å²) in [5.74, 6) is 1.38. The van der Waals surface area contributed by atoms with Gasteiger partial charge in [-0.25, -0.2) is 4.99 Å². The first-order valence-electron chi connectivity index (χ1n) is 10.2. The molecule has 1 fully saturated rings. The molecule has 1 amide bonds. The minimum Gasteiger partial charge on any atom is -0.457 e.